The van der Waals surface area contributed by atoms with E-state index in [1.165, 1.54) is 51.5 Å². The molecule has 0 radical (unpaired) electrons. The molecule has 2 aliphatic rings. The molecular weight excluding hydrogens is 194 g/mol. The zero-order valence-electron chi connectivity index (χ0n) is 9.05. The van der Waals surface area contributed by atoms with Gasteiger partial charge in [0.25, 0.3) is 0 Å². The molecule has 2 saturated carbocycles. The molecule has 0 unspecified atom stereocenters. The van der Waals surface area contributed by atoms with Crippen LogP contribution in [0.5, 0.6) is 0 Å². The fourth-order valence-corrected chi connectivity index (χ4v) is 2.83. The second-order valence-electron chi connectivity index (χ2n) is 4.90. The zero-order chi connectivity index (χ0) is 9.80. The van der Waals surface area contributed by atoms with E-state index in [0.717, 1.165) is 24.4 Å². The second kappa shape index (κ2) is 5.37. The maximum Gasteiger partial charge on any atom is 0.0351 e. The van der Waals surface area contributed by atoms with E-state index in [1.807, 2.05) is 0 Å². The Bertz CT molecular complexity index is 162. The SMILES string of the molecule is ClCCN(CCC1CC1)C1CCCC1. The van der Waals surface area contributed by atoms with Crippen LogP contribution in [0.25, 0.3) is 0 Å². The third kappa shape index (κ3) is 3.13. The Morgan fingerprint density at radius 3 is 2.29 bits per heavy atom. The van der Waals surface area contributed by atoms with Crippen LogP contribution in [0.3, 0.4) is 0 Å². The molecule has 2 rings (SSSR count). The van der Waals surface area contributed by atoms with E-state index in [9.17, 15) is 0 Å². The van der Waals surface area contributed by atoms with Gasteiger partial charge in [0.2, 0.25) is 0 Å². The van der Waals surface area contributed by atoms with Gasteiger partial charge in [-0.2, -0.15) is 0 Å². The molecule has 1 nitrogen and oxygen atoms in total. The summed E-state index contributed by atoms with van der Waals surface area (Å²) in [4.78, 5) is 2.65. The summed E-state index contributed by atoms with van der Waals surface area (Å²) >= 11 is 5.86. The van der Waals surface area contributed by atoms with E-state index >= 15 is 0 Å². The van der Waals surface area contributed by atoms with Crippen molar-refractivity contribution < 1.29 is 0 Å². The molecule has 0 aromatic heterocycles. The maximum absolute atomic E-state index is 5.86. The van der Waals surface area contributed by atoms with Crippen molar-refractivity contribution in [3.63, 3.8) is 0 Å². The molecule has 82 valence electrons. The van der Waals surface area contributed by atoms with Crippen molar-refractivity contribution in [2.75, 3.05) is 19.0 Å². The molecule has 2 fully saturated rings. The molecule has 2 aliphatic carbocycles. The number of nitrogens with zero attached hydrogens (tertiary/aromatic N) is 1. The normalized spacial score (nSPS) is 23.6. The highest BCUT2D eigenvalue weighted by molar-refractivity contribution is 6.18. The molecule has 0 amide bonds. The Balaban J connectivity index is 1.72. The number of halogens is 1. The summed E-state index contributed by atoms with van der Waals surface area (Å²) in [7, 11) is 0. The van der Waals surface area contributed by atoms with Gasteiger partial charge in [0, 0.05) is 18.5 Å². The molecule has 0 aromatic rings. The van der Waals surface area contributed by atoms with Crippen molar-refractivity contribution in [3.8, 4) is 0 Å². The van der Waals surface area contributed by atoms with Crippen molar-refractivity contribution in [1.29, 1.82) is 0 Å². The fraction of sp³-hybridized carbons (Fsp3) is 1.00. The highest BCUT2D eigenvalue weighted by atomic mass is 35.5. The Kier molecular flexibility index (Phi) is 4.12. The lowest BCUT2D eigenvalue weighted by atomic mass is 10.2. The molecular formula is C12H22ClN. The molecule has 0 heterocycles. The van der Waals surface area contributed by atoms with Crippen LogP contribution in [0.4, 0.5) is 0 Å². The lowest BCUT2D eigenvalue weighted by molar-refractivity contribution is 0.204. The lowest BCUT2D eigenvalue weighted by Gasteiger charge is -2.27. The molecule has 0 aromatic carbocycles. The predicted molar refractivity (Wildman–Crippen MR) is 61.9 cm³/mol. The van der Waals surface area contributed by atoms with E-state index in [4.69, 9.17) is 11.6 Å². The minimum absolute atomic E-state index is 0.807. The predicted octanol–water partition coefficient (Wildman–Crippen LogP) is 3.27. The van der Waals surface area contributed by atoms with Crippen LogP contribution >= 0.6 is 11.6 Å². The van der Waals surface area contributed by atoms with E-state index in [1.54, 1.807) is 0 Å². The first-order chi connectivity index (χ1) is 6.90. The Labute approximate surface area is 92.8 Å². The summed E-state index contributed by atoms with van der Waals surface area (Å²) < 4.78 is 0. The van der Waals surface area contributed by atoms with Crippen LogP contribution in [0.15, 0.2) is 0 Å². The highest BCUT2D eigenvalue weighted by Crippen LogP contribution is 2.33. The van der Waals surface area contributed by atoms with Crippen LogP contribution < -0.4 is 0 Å². The summed E-state index contributed by atoms with van der Waals surface area (Å²) in [6.07, 6.45) is 10.1. The number of rotatable bonds is 6. The average Bonchev–Trinajstić information content (AvgIpc) is 2.86. The van der Waals surface area contributed by atoms with Gasteiger partial charge in [-0.25, -0.2) is 0 Å². The Hall–Kier alpha value is 0.250. The van der Waals surface area contributed by atoms with Crippen LogP contribution in [0, 0.1) is 5.92 Å². The summed E-state index contributed by atoms with van der Waals surface area (Å²) in [5.74, 6) is 1.87. The van der Waals surface area contributed by atoms with Crippen molar-refractivity contribution in [2.45, 2.75) is 51.0 Å². The largest absolute Gasteiger partial charge is 0.299 e. The average molecular weight is 216 g/mol. The van der Waals surface area contributed by atoms with E-state index < -0.39 is 0 Å². The monoisotopic (exact) mass is 215 g/mol. The van der Waals surface area contributed by atoms with Crippen molar-refractivity contribution in [2.24, 2.45) is 5.92 Å². The van der Waals surface area contributed by atoms with Gasteiger partial charge in [-0.05, 0) is 31.7 Å². The van der Waals surface area contributed by atoms with E-state index in [0.29, 0.717) is 0 Å². The first-order valence-electron chi connectivity index (χ1n) is 6.20. The maximum atomic E-state index is 5.86. The topological polar surface area (TPSA) is 3.24 Å². The first kappa shape index (κ1) is 10.8. The first-order valence-corrected chi connectivity index (χ1v) is 6.73. The van der Waals surface area contributed by atoms with Crippen LogP contribution in [-0.2, 0) is 0 Å². The molecule has 0 saturated heterocycles. The van der Waals surface area contributed by atoms with Gasteiger partial charge in [0.15, 0.2) is 0 Å². The third-order valence-corrected chi connectivity index (χ3v) is 3.90. The summed E-state index contributed by atoms with van der Waals surface area (Å²) in [5.41, 5.74) is 0. The van der Waals surface area contributed by atoms with Gasteiger partial charge in [-0.3, -0.25) is 4.90 Å². The molecule has 0 atom stereocenters. The Morgan fingerprint density at radius 2 is 1.71 bits per heavy atom. The standard InChI is InChI=1S/C12H22ClN/c13-8-10-14(9-7-11-5-6-11)12-3-1-2-4-12/h11-12H,1-10H2. The second-order valence-corrected chi connectivity index (χ2v) is 5.27. The molecule has 2 heteroatoms. The minimum atomic E-state index is 0.807. The van der Waals surface area contributed by atoms with Gasteiger partial charge in [0.05, 0.1) is 0 Å². The summed E-state index contributed by atoms with van der Waals surface area (Å²) in [6.45, 7) is 2.42. The number of hydrogen-bond acceptors (Lipinski definition) is 1. The van der Waals surface area contributed by atoms with Gasteiger partial charge >= 0.3 is 0 Å². The smallest absolute Gasteiger partial charge is 0.0351 e. The van der Waals surface area contributed by atoms with Gasteiger partial charge in [-0.1, -0.05) is 25.7 Å². The summed E-state index contributed by atoms with van der Waals surface area (Å²) in [5, 5.41) is 0. The molecule has 0 aliphatic heterocycles. The van der Waals surface area contributed by atoms with Crippen LogP contribution in [0.1, 0.15) is 44.9 Å². The van der Waals surface area contributed by atoms with E-state index in [2.05, 4.69) is 4.90 Å². The fourth-order valence-electron chi connectivity index (χ4n) is 2.61. The molecule has 0 N–H and O–H groups in total. The number of hydrogen-bond donors (Lipinski definition) is 0. The van der Waals surface area contributed by atoms with Crippen LogP contribution in [0.2, 0.25) is 0 Å². The van der Waals surface area contributed by atoms with E-state index in [-0.39, 0.29) is 0 Å². The molecule has 14 heavy (non-hydrogen) atoms. The van der Waals surface area contributed by atoms with Crippen molar-refractivity contribution >= 4 is 11.6 Å². The lowest BCUT2D eigenvalue weighted by Crippen LogP contribution is -2.35. The van der Waals surface area contributed by atoms with Gasteiger partial charge in [-0.15, -0.1) is 11.6 Å². The molecule has 0 spiro atoms. The zero-order valence-corrected chi connectivity index (χ0v) is 9.81. The minimum Gasteiger partial charge on any atom is -0.299 e. The third-order valence-electron chi connectivity index (χ3n) is 3.73. The van der Waals surface area contributed by atoms with Crippen molar-refractivity contribution in [1.82, 2.24) is 4.90 Å². The van der Waals surface area contributed by atoms with Gasteiger partial charge in [0.1, 0.15) is 0 Å². The quantitative estimate of drug-likeness (QED) is 0.615. The molecule has 0 bridgehead atoms. The Morgan fingerprint density at radius 1 is 1.00 bits per heavy atom. The van der Waals surface area contributed by atoms with Crippen molar-refractivity contribution in [3.05, 3.63) is 0 Å². The van der Waals surface area contributed by atoms with Gasteiger partial charge < -0.3 is 0 Å². The summed E-state index contributed by atoms with van der Waals surface area (Å²) in [6, 6.07) is 0.868. The number of alkyl halides is 1. The highest BCUT2D eigenvalue weighted by Gasteiger charge is 2.25. The van der Waals surface area contributed by atoms with Crippen LogP contribution in [-0.4, -0.2) is 29.9 Å².